The number of nitrogens with zero attached hydrogens (tertiary/aromatic N) is 1. The van der Waals surface area contributed by atoms with Crippen molar-refractivity contribution in [1.29, 1.82) is 0 Å². The second-order valence-electron chi connectivity index (χ2n) is 12.8. The van der Waals surface area contributed by atoms with Crippen LogP contribution in [0.15, 0.2) is 107 Å². The second kappa shape index (κ2) is 15.5. The van der Waals surface area contributed by atoms with E-state index in [-0.39, 0.29) is 15.7 Å². The lowest BCUT2D eigenvalue weighted by atomic mass is 9.77. The van der Waals surface area contributed by atoms with Crippen LogP contribution in [0.2, 0.25) is 0 Å². The van der Waals surface area contributed by atoms with E-state index in [4.69, 9.17) is 5.73 Å². The fraction of sp³-hybridized carbons (Fsp3) is 0.361. The van der Waals surface area contributed by atoms with Crippen molar-refractivity contribution in [3.63, 3.8) is 0 Å². The molecular weight excluding hydrogens is 651 g/mol. The van der Waals surface area contributed by atoms with E-state index in [0.717, 1.165) is 41.1 Å². The minimum Gasteiger partial charge on any atom is -0.385 e. The van der Waals surface area contributed by atoms with Gasteiger partial charge in [0.05, 0.1) is 9.79 Å². The lowest BCUT2D eigenvalue weighted by molar-refractivity contribution is -0.118. The average molecular weight is 698 g/mol. The maximum atomic E-state index is 11.9. The lowest BCUT2D eigenvalue weighted by Crippen LogP contribution is -2.27. The topological polar surface area (TPSA) is 167 Å². The van der Waals surface area contributed by atoms with Gasteiger partial charge in [-0.2, -0.15) is 16.8 Å². The highest BCUT2D eigenvalue weighted by molar-refractivity contribution is 7.86. The molecule has 0 saturated carbocycles. The molecule has 0 saturated heterocycles. The van der Waals surface area contributed by atoms with Crippen molar-refractivity contribution < 1.29 is 30.7 Å². The smallest absolute Gasteiger partial charge is 0.294 e. The molecule has 12 heteroatoms. The van der Waals surface area contributed by atoms with E-state index in [1.807, 2.05) is 77.2 Å². The van der Waals surface area contributed by atoms with Gasteiger partial charge in [0.2, 0.25) is 5.91 Å². The van der Waals surface area contributed by atoms with Gasteiger partial charge in [-0.15, -0.1) is 0 Å². The highest BCUT2D eigenvalue weighted by Gasteiger charge is 2.40. The first kappa shape index (κ1) is 38.5. The Morgan fingerprint density at radius 3 is 2.17 bits per heavy atom. The first-order valence-electron chi connectivity index (χ1n) is 15.8. The number of nitrogens with one attached hydrogen (secondary N) is 1. The normalized spacial score (nSPS) is 16.0. The summed E-state index contributed by atoms with van der Waals surface area (Å²) >= 11 is 0. The van der Waals surface area contributed by atoms with Crippen LogP contribution in [0, 0.1) is 0 Å². The van der Waals surface area contributed by atoms with Gasteiger partial charge in [0.15, 0.2) is 0 Å². The van der Waals surface area contributed by atoms with Crippen molar-refractivity contribution in [3.8, 4) is 0 Å². The van der Waals surface area contributed by atoms with E-state index < -0.39 is 31.1 Å². The van der Waals surface area contributed by atoms with Crippen molar-refractivity contribution in [2.75, 3.05) is 23.3 Å². The number of hydrogen-bond donors (Lipinski definition) is 4. The summed E-state index contributed by atoms with van der Waals surface area (Å²) in [6.07, 6.45) is 15.8. The van der Waals surface area contributed by atoms with Gasteiger partial charge in [0.25, 0.3) is 20.2 Å². The third kappa shape index (κ3) is 9.34. The zero-order valence-electron chi connectivity index (χ0n) is 28.2. The molecule has 1 aliphatic rings. The summed E-state index contributed by atoms with van der Waals surface area (Å²) in [5.41, 5.74) is 8.83. The van der Waals surface area contributed by atoms with Gasteiger partial charge in [-0.3, -0.25) is 13.9 Å². The molecule has 0 spiro atoms. The maximum absolute atomic E-state index is 11.9. The van der Waals surface area contributed by atoms with Crippen LogP contribution < -0.4 is 16.0 Å². The van der Waals surface area contributed by atoms with Crippen molar-refractivity contribution in [3.05, 3.63) is 108 Å². The zero-order chi connectivity index (χ0) is 35.9. The van der Waals surface area contributed by atoms with Crippen molar-refractivity contribution in [2.45, 2.75) is 80.9 Å². The third-order valence-corrected chi connectivity index (χ3v) is 10.3. The summed E-state index contributed by atoms with van der Waals surface area (Å²) in [5.74, 6) is -0.328. The highest BCUT2D eigenvalue weighted by Crippen LogP contribution is 2.48. The standard InChI is InChI=1S/C36H47N3O7S2/c1-7-38-31-21-19-27(47(41,42)43)24-29(31)35(3,4)26(2)16-12-9-8-10-13-17-33-36(5,6)30-25-28(48(44,45)46)20-22-32(30)39(33)23-15-11-14-18-34(37)40/h8-10,12-13,16-17,19-22,24-25,38H,2,7,11,14-15,18,23H2,1,3-6H3,(H2,37,40)(H,41,42,43)(H,44,45,46)/b9-8+,13-10+,16-12+,33-17+. The molecule has 1 aliphatic heterocycles. The van der Waals surface area contributed by atoms with E-state index >= 15 is 0 Å². The first-order valence-corrected chi connectivity index (χ1v) is 18.6. The molecule has 10 nitrogen and oxygen atoms in total. The minimum atomic E-state index is -4.38. The van der Waals surface area contributed by atoms with Crippen LogP contribution in [0.4, 0.5) is 11.4 Å². The average Bonchev–Trinajstić information content (AvgIpc) is 3.20. The number of unbranched alkanes of at least 4 members (excludes halogenated alkanes) is 2. The van der Waals surface area contributed by atoms with Crippen LogP contribution in [0.5, 0.6) is 0 Å². The number of amides is 1. The van der Waals surface area contributed by atoms with Gasteiger partial charge in [0, 0.05) is 47.4 Å². The van der Waals surface area contributed by atoms with Gasteiger partial charge in [-0.05, 0) is 78.9 Å². The summed E-state index contributed by atoms with van der Waals surface area (Å²) < 4.78 is 66.7. The Bertz CT molecular complexity index is 1870. The van der Waals surface area contributed by atoms with Crippen molar-refractivity contribution >= 4 is 37.5 Å². The van der Waals surface area contributed by atoms with Gasteiger partial charge in [-0.1, -0.05) is 77.2 Å². The molecule has 0 atom stereocenters. The number of anilines is 2. The molecule has 2 aromatic rings. The Morgan fingerprint density at radius 1 is 0.938 bits per heavy atom. The lowest BCUT2D eigenvalue weighted by Gasteiger charge is -2.29. The molecule has 0 aliphatic carbocycles. The zero-order valence-corrected chi connectivity index (χ0v) is 29.9. The molecule has 1 amide bonds. The fourth-order valence-electron chi connectivity index (χ4n) is 5.74. The van der Waals surface area contributed by atoms with E-state index in [0.29, 0.717) is 31.5 Å². The summed E-state index contributed by atoms with van der Waals surface area (Å²) in [6, 6.07) is 9.11. The van der Waals surface area contributed by atoms with Crippen molar-refractivity contribution in [2.24, 2.45) is 5.73 Å². The number of primary amides is 1. The molecule has 0 unspecified atom stereocenters. The number of nitrogens with two attached hydrogens (primary N) is 1. The van der Waals surface area contributed by atoms with Crippen LogP contribution in [-0.2, 0) is 35.9 Å². The van der Waals surface area contributed by atoms with Gasteiger partial charge >= 0.3 is 0 Å². The molecule has 260 valence electrons. The van der Waals surface area contributed by atoms with Gasteiger partial charge < -0.3 is 16.0 Å². The largest absolute Gasteiger partial charge is 0.385 e. The SMILES string of the molecule is C=C(/C=C/C=C/C=C/C=C1/N(CCCCCC(N)=O)c2ccc(S(=O)(=O)O)cc2C1(C)C)C(C)(C)c1cc(S(=O)(=O)O)ccc1NCC. The number of allylic oxidation sites excluding steroid dienone is 9. The Kier molecular flexibility index (Phi) is 12.4. The van der Waals surface area contributed by atoms with Crippen LogP contribution >= 0.6 is 0 Å². The fourth-order valence-corrected chi connectivity index (χ4v) is 6.75. The van der Waals surface area contributed by atoms with Crippen LogP contribution in [0.3, 0.4) is 0 Å². The van der Waals surface area contributed by atoms with Gasteiger partial charge in [-0.25, -0.2) is 0 Å². The minimum absolute atomic E-state index is 0.156. The Hall–Kier alpha value is -3.97. The summed E-state index contributed by atoms with van der Waals surface area (Å²) in [5, 5.41) is 3.25. The second-order valence-corrected chi connectivity index (χ2v) is 15.6. The number of benzene rings is 2. The molecule has 1 heterocycles. The number of rotatable bonds is 16. The van der Waals surface area contributed by atoms with E-state index in [9.17, 15) is 30.7 Å². The third-order valence-electron chi connectivity index (χ3n) is 8.59. The highest BCUT2D eigenvalue weighted by atomic mass is 32.2. The summed E-state index contributed by atoms with van der Waals surface area (Å²) in [6.45, 7) is 15.3. The molecule has 0 aromatic heterocycles. The number of carbonyl (C=O) groups is 1. The summed E-state index contributed by atoms with van der Waals surface area (Å²) in [7, 11) is -8.75. The molecule has 0 fully saturated rings. The van der Waals surface area contributed by atoms with Gasteiger partial charge in [0.1, 0.15) is 0 Å². The molecule has 0 bridgehead atoms. The van der Waals surface area contributed by atoms with Crippen LogP contribution in [-0.4, -0.2) is 44.9 Å². The molecule has 48 heavy (non-hydrogen) atoms. The van der Waals surface area contributed by atoms with E-state index in [1.165, 1.54) is 24.3 Å². The quantitative estimate of drug-likeness (QED) is 0.0834. The predicted octanol–water partition coefficient (Wildman–Crippen LogP) is 6.84. The maximum Gasteiger partial charge on any atom is 0.294 e. The monoisotopic (exact) mass is 697 g/mol. The molecule has 3 rings (SSSR count). The molecule has 0 radical (unpaired) electrons. The molecular formula is C36H47N3O7S2. The number of hydrogen-bond acceptors (Lipinski definition) is 7. The van der Waals surface area contributed by atoms with E-state index in [2.05, 4.69) is 16.8 Å². The van der Waals surface area contributed by atoms with Crippen LogP contribution in [0.25, 0.3) is 0 Å². The number of carbonyl (C=O) groups excluding carboxylic acids is 1. The van der Waals surface area contributed by atoms with Crippen LogP contribution in [0.1, 0.15) is 71.4 Å². The number of fused-ring (bicyclic) bond motifs is 1. The Labute approximate surface area is 285 Å². The molecule has 5 N–H and O–H groups in total. The van der Waals surface area contributed by atoms with E-state index in [1.54, 1.807) is 12.1 Å². The Balaban J connectivity index is 1.81. The van der Waals surface area contributed by atoms with Crippen molar-refractivity contribution in [1.82, 2.24) is 0 Å². The Morgan fingerprint density at radius 2 is 1.54 bits per heavy atom. The molecule has 2 aromatic carbocycles. The first-order chi connectivity index (χ1) is 22.3. The summed E-state index contributed by atoms with van der Waals surface area (Å²) in [4.78, 5) is 12.9. The predicted molar refractivity (Wildman–Crippen MR) is 192 cm³/mol.